The number of hydrogen-bond donors (Lipinski definition) is 1. The van der Waals surface area contributed by atoms with Gasteiger partial charge in [0, 0.05) is 23.8 Å². The number of aryl methyl sites for hydroxylation is 1. The Kier molecular flexibility index (Phi) is 5.46. The molecule has 5 nitrogen and oxygen atoms in total. The van der Waals surface area contributed by atoms with E-state index in [0.29, 0.717) is 16.8 Å². The summed E-state index contributed by atoms with van der Waals surface area (Å²) < 4.78 is 0. The summed E-state index contributed by atoms with van der Waals surface area (Å²) in [5.41, 5.74) is 3.20. The molecule has 0 saturated carbocycles. The van der Waals surface area contributed by atoms with E-state index in [9.17, 15) is 0 Å². The van der Waals surface area contributed by atoms with Crippen molar-refractivity contribution in [1.82, 2.24) is 15.2 Å². The zero-order valence-electron chi connectivity index (χ0n) is 14.3. The summed E-state index contributed by atoms with van der Waals surface area (Å²) in [5, 5.41) is 12.3. The first-order valence-corrected chi connectivity index (χ1v) is 8.55. The highest BCUT2D eigenvalue weighted by atomic mass is 35.5. The first-order chi connectivity index (χ1) is 12.2. The predicted octanol–water partition coefficient (Wildman–Crippen LogP) is 4.60. The van der Waals surface area contributed by atoms with Gasteiger partial charge in [0.1, 0.15) is 0 Å². The molecule has 3 rings (SSSR count). The molecule has 0 aliphatic rings. The molecule has 0 bridgehead atoms. The molecule has 1 aromatic heterocycles. The maximum Gasteiger partial charge on any atom is 0.247 e. The normalized spacial score (nSPS) is 10.5. The number of hydrogen-bond acceptors (Lipinski definition) is 5. The number of aromatic nitrogens is 3. The third-order valence-corrected chi connectivity index (χ3v) is 4.11. The van der Waals surface area contributed by atoms with Crippen LogP contribution in [0.5, 0.6) is 0 Å². The summed E-state index contributed by atoms with van der Waals surface area (Å²) in [6.07, 6.45) is 1.62. The first kappa shape index (κ1) is 17.2. The summed E-state index contributed by atoms with van der Waals surface area (Å²) in [7, 11) is 0. The minimum absolute atomic E-state index is 0.600. The van der Waals surface area contributed by atoms with E-state index in [2.05, 4.69) is 44.5 Å². The van der Waals surface area contributed by atoms with Crippen molar-refractivity contribution in [2.24, 2.45) is 0 Å². The Labute approximate surface area is 152 Å². The molecular formula is C19H20ClN5. The van der Waals surface area contributed by atoms with Gasteiger partial charge >= 0.3 is 0 Å². The van der Waals surface area contributed by atoms with Crippen molar-refractivity contribution in [2.45, 2.75) is 20.4 Å². The molecule has 0 radical (unpaired) electrons. The van der Waals surface area contributed by atoms with E-state index in [1.165, 1.54) is 5.56 Å². The van der Waals surface area contributed by atoms with Crippen molar-refractivity contribution in [1.29, 1.82) is 0 Å². The molecular weight excluding hydrogens is 334 g/mol. The van der Waals surface area contributed by atoms with E-state index in [0.717, 1.165) is 24.3 Å². The lowest BCUT2D eigenvalue weighted by Gasteiger charge is -2.20. The molecule has 1 heterocycles. The monoisotopic (exact) mass is 353 g/mol. The predicted molar refractivity (Wildman–Crippen MR) is 102 cm³/mol. The van der Waals surface area contributed by atoms with E-state index in [-0.39, 0.29) is 0 Å². The Morgan fingerprint density at radius 3 is 2.64 bits per heavy atom. The van der Waals surface area contributed by atoms with Crippen molar-refractivity contribution >= 4 is 29.1 Å². The van der Waals surface area contributed by atoms with Gasteiger partial charge in [-0.15, -0.1) is 5.10 Å². The lowest BCUT2D eigenvalue weighted by atomic mass is 10.2. The largest absolute Gasteiger partial charge is 0.339 e. The molecule has 0 fully saturated rings. The second-order valence-corrected chi connectivity index (χ2v) is 6.16. The van der Waals surface area contributed by atoms with E-state index >= 15 is 0 Å². The summed E-state index contributed by atoms with van der Waals surface area (Å²) in [4.78, 5) is 6.69. The molecule has 3 aromatic rings. The molecule has 0 aliphatic carbocycles. The number of nitrogens with zero attached hydrogens (tertiary/aromatic N) is 4. The highest BCUT2D eigenvalue weighted by Crippen LogP contribution is 2.23. The van der Waals surface area contributed by atoms with Crippen molar-refractivity contribution in [3.63, 3.8) is 0 Å². The number of nitrogens with one attached hydrogen (secondary N) is 1. The first-order valence-electron chi connectivity index (χ1n) is 8.17. The van der Waals surface area contributed by atoms with Gasteiger partial charge in [0.2, 0.25) is 5.95 Å². The van der Waals surface area contributed by atoms with E-state index in [1.54, 1.807) is 6.20 Å². The van der Waals surface area contributed by atoms with Crippen LogP contribution in [0.4, 0.5) is 17.5 Å². The highest BCUT2D eigenvalue weighted by molar-refractivity contribution is 6.30. The molecule has 0 atom stereocenters. The summed E-state index contributed by atoms with van der Waals surface area (Å²) in [6, 6.07) is 15.9. The number of benzene rings is 2. The Bertz CT molecular complexity index is 838. The van der Waals surface area contributed by atoms with Crippen molar-refractivity contribution in [2.75, 3.05) is 16.8 Å². The standard InChI is InChI=1S/C19H20ClN5/c1-3-25(13-15-7-5-4-6-8-15)19-23-18(12-21-24-19)22-17-10-9-16(20)11-14(17)2/h4-12H,3,13H2,1-2H3,(H,22,23,24). The van der Waals surface area contributed by atoms with Crippen LogP contribution in [-0.4, -0.2) is 21.7 Å². The lowest BCUT2D eigenvalue weighted by molar-refractivity contribution is 0.771. The fourth-order valence-corrected chi connectivity index (χ4v) is 2.75. The van der Waals surface area contributed by atoms with Crippen LogP contribution in [0.15, 0.2) is 54.7 Å². The number of anilines is 3. The minimum atomic E-state index is 0.600. The minimum Gasteiger partial charge on any atom is -0.339 e. The fraction of sp³-hybridized carbons (Fsp3) is 0.211. The van der Waals surface area contributed by atoms with Gasteiger partial charge in [-0.3, -0.25) is 0 Å². The smallest absolute Gasteiger partial charge is 0.247 e. The van der Waals surface area contributed by atoms with Gasteiger partial charge in [-0.25, -0.2) is 0 Å². The molecule has 1 N–H and O–H groups in total. The van der Waals surface area contributed by atoms with E-state index < -0.39 is 0 Å². The molecule has 0 saturated heterocycles. The zero-order chi connectivity index (χ0) is 17.6. The molecule has 0 amide bonds. The van der Waals surface area contributed by atoms with Gasteiger partial charge in [-0.05, 0) is 43.2 Å². The third-order valence-electron chi connectivity index (χ3n) is 3.88. The maximum atomic E-state index is 6.01. The number of halogens is 1. The van der Waals surface area contributed by atoms with Crippen LogP contribution in [0.3, 0.4) is 0 Å². The summed E-state index contributed by atoms with van der Waals surface area (Å²) in [5.74, 6) is 1.25. The Balaban J connectivity index is 1.80. The highest BCUT2D eigenvalue weighted by Gasteiger charge is 2.10. The average molecular weight is 354 g/mol. The van der Waals surface area contributed by atoms with Crippen LogP contribution in [0.25, 0.3) is 0 Å². The van der Waals surface area contributed by atoms with Crippen LogP contribution in [-0.2, 0) is 6.54 Å². The molecule has 0 unspecified atom stereocenters. The van der Waals surface area contributed by atoms with Crippen molar-refractivity contribution in [3.8, 4) is 0 Å². The fourth-order valence-electron chi connectivity index (χ4n) is 2.52. The topological polar surface area (TPSA) is 53.9 Å². The maximum absolute atomic E-state index is 6.01. The van der Waals surface area contributed by atoms with Gasteiger partial charge in [0.15, 0.2) is 5.82 Å². The van der Waals surface area contributed by atoms with Gasteiger partial charge in [-0.1, -0.05) is 41.9 Å². The molecule has 6 heteroatoms. The Morgan fingerprint density at radius 2 is 1.92 bits per heavy atom. The second-order valence-electron chi connectivity index (χ2n) is 5.73. The van der Waals surface area contributed by atoms with Crippen LogP contribution in [0, 0.1) is 6.92 Å². The molecule has 25 heavy (non-hydrogen) atoms. The van der Waals surface area contributed by atoms with Gasteiger partial charge in [0.25, 0.3) is 0 Å². The van der Waals surface area contributed by atoms with Gasteiger partial charge < -0.3 is 10.2 Å². The lowest BCUT2D eigenvalue weighted by Crippen LogP contribution is -2.24. The molecule has 2 aromatic carbocycles. The quantitative estimate of drug-likeness (QED) is 0.701. The van der Waals surface area contributed by atoms with Crippen molar-refractivity contribution in [3.05, 3.63) is 70.9 Å². The Hall–Kier alpha value is -2.66. The number of rotatable bonds is 6. The van der Waals surface area contributed by atoms with Crippen LogP contribution in [0.2, 0.25) is 5.02 Å². The van der Waals surface area contributed by atoms with Crippen molar-refractivity contribution < 1.29 is 0 Å². The SMILES string of the molecule is CCN(Cc1ccccc1)c1nncc(Nc2ccc(Cl)cc2C)n1. The van der Waals surface area contributed by atoms with Crippen LogP contribution in [0.1, 0.15) is 18.1 Å². The van der Waals surface area contributed by atoms with Crippen LogP contribution < -0.4 is 10.2 Å². The summed E-state index contributed by atoms with van der Waals surface area (Å²) >= 11 is 6.01. The average Bonchev–Trinajstić information content (AvgIpc) is 2.63. The zero-order valence-corrected chi connectivity index (χ0v) is 15.0. The second kappa shape index (κ2) is 7.94. The molecule has 0 spiro atoms. The van der Waals surface area contributed by atoms with Gasteiger partial charge in [0.05, 0.1) is 6.20 Å². The van der Waals surface area contributed by atoms with E-state index in [4.69, 9.17) is 11.6 Å². The Morgan fingerprint density at radius 1 is 1.12 bits per heavy atom. The van der Waals surface area contributed by atoms with Crippen LogP contribution >= 0.6 is 11.6 Å². The molecule has 0 aliphatic heterocycles. The molecule has 128 valence electrons. The summed E-state index contributed by atoms with van der Waals surface area (Å²) in [6.45, 7) is 5.61. The van der Waals surface area contributed by atoms with Gasteiger partial charge in [-0.2, -0.15) is 10.1 Å². The third kappa shape index (κ3) is 4.45. The van der Waals surface area contributed by atoms with E-state index in [1.807, 2.05) is 43.3 Å².